The quantitative estimate of drug-likeness (QED) is 0.225. The van der Waals surface area contributed by atoms with E-state index in [0.717, 1.165) is 16.1 Å². The molecule has 38 heavy (non-hydrogen) atoms. The number of hydrogen-bond donors (Lipinski definition) is 1. The third-order valence-electron chi connectivity index (χ3n) is 5.06. The van der Waals surface area contributed by atoms with Gasteiger partial charge in [0.1, 0.15) is 18.9 Å². The number of halogens is 3. The molecule has 0 heterocycles. The zero-order valence-corrected chi connectivity index (χ0v) is 24.5. The molecule has 1 amide bonds. The molecule has 0 aliphatic heterocycles. The van der Waals surface area contributed by atoms with E-state index in [4.69, 9.17) is 37.4 Å². The number of amides is 1. The molecule has 202 valence electrons. The lowest BCUT2D eigenvalue weighted by atomic mass is 10.2. The Hall–Kier alpha value is -2.99. The minimum absolute atomic E-state index is 0.206. The molecule has 9 nitrogen and oxygen atoms in total. The van der Waals surface area contributed by atoms with Gasteiger partial charge in [-0.15, -0.1) is 0 Å². The fourth-order valence-corrected chi connectivity index (χ4v) is 5.05. The van der Waals surface area contributed by atoms with E-state index in [-0.39, 0.29) is 10.7 Å². The summed E-state index contributed by atoms with van der Waals surface area (Å²) in [7, 11) is -0.850. The predicted octanol–water partition coefficient (Wildman–Crippen LogP) is 5.27. The number of benzene rings is 3. The van der Waals surface area contributed by atoms with Gasteiger partial charge < -0.3 is 14.2 Å². The van der Waals surface area contributed by atoms with E-state index >= 15 is 0 Å². The molecule has 0 spiro atoms. The lowest BCUT2D eigenvalue weighted by Crippen LogP contribution is -2.39. The van der Waals surface area contributed by atoms with E-state index in [1.807, 2.05) is 12.1 Å². The number of hydrazone groups is 1. The fraction of sp³-hybridized carbons (Fsp3) is 0.200. The van der Waals surface area contributed by atoms with E-state index in [2.05, 4.69) is 26.5 Å². The van der Waals surface area contributed by atoms with Gasteiger partial charge in [-0.05, 0) is 69.5 Å². The molecule has 0 aliphatic carbocycles. The van der Waals surface area contributed by atoms with Crippen LogP contribution in [-0.4, -0.2) is 47.6 Å². The normalized spacial score (nSPS) is 11.3. The van der Waals surface area contributed by atoms with Crippen LogP contribution in [0.15, 0.2) is 64.2 Å². The second-order valence-corrected chi connectivity index (χ2v) is 11.4. The van der Waals surface area contributed by atoms with Crippen molar-refractivity contribution in [3.8, 4) is 17.2 Å². The van der Waals surface area contributed by atoms with Crippen molar-refractivity contribution in [3.05, 3.63) is 80.2 Å². The number of anilines is 1. The molecular weight excluding hydrogens is 621 g/mol. The third kappa shape index (κ3) is 8.00. The smallest absolute Gasteiger partial charge is 0.260 e. The Kier molecular flexibility index (Phi) is 10.3. The Morgan fingerprint density at radius 2 is 1.74 bits per heavy atom. The fourth-order valence-electron chi connectivity index (χ4n) is 3.25. The molecular formula is C25H24BrCl2N3O6S. The van der Waals surface area contributed by atoms with Crippen molar-refractivity contribution in [3.63, 3.8) is 0 Å². The van der Waals surface area contributed by atoms with Crippen LogP contribution in [0, 0.1) is 0 Å². The number of sulfonamides is 1. The van der Waals surface area contributed by atoms with Crippen molar-refractivity contribution < 1.29 is 27.4 Å². The molecule has 13 heteroatoms. The molecule has 0 unspecified atom stereocenters. The van der Waals surface area contributed by atoms with Crippen molar-refractivity contribution in [2.75, 3.05) is 31.3 Å². The summed E-state index contributed by atoms with van der Waals surface area (Å²) in [5, 5.41) is 4.78. The van der Waals surface area contributed by atoms with Crippen LogP contribution in [0.4, 0.5) is 5.69 Å². The van der Waals surface area contributed by atoms with Crippen LogP contribution in [0.1, 0.15) is 11.1 Å². The molecule has 0 fully saturated rings. The summed E-state index contributed by atoms with van der Waals surface area (Å²) >= 11 is 15.5. The number of nitrogens with one attached hydrogen (secondary N) is 1. The Morgan fingerprint density at radius 3 is 2.34 bits per heavy atom. The molecule has 3 rings (SSSR count). The van der Waals surface area contributed by atoms with Crippen LogP contribution in [-0.2, 0) is 21.4 Å². The summed E-state index contributed by atoms with van der Waals surface area (Å²) < 4.78 is 42.6. The van der Waals surface area contributed by atoms with Gasteiger partial charge in [0.15, 0.2) is 11.5 Å². The molecule has 1 N–H and O–H groups in total. The van der Waals surface area contributed by atoms with Gasteiger partial charge in [0.25, 0.3) is 5.91 Å². The third-order valence-corrected chi connectivity index (χ3v) is 7.34. The highest BCUT2D eigenvalue weighted by Crippen LogP contribution is 2.37. The van der Waals surface area contributed by atoms with Gasteiger partial charge in [-0.25, -0.2) is 13.8 Å². The Morgan fingerprint density at radius 1 is 1.05 bits per heavy atom. The van der Waals surface area contributed by atoms with Gasteiger partial charge in [0, 0.05) is 5.02 Å². The minimum Gasteiger partial charge on any atom is -0.495 e. The highest BCUT2D eigenvalue weighted by atomic mass is 79.9. The molecule has 0 aliphatic rings. The average molecular weight is 645 g/mol. The van der Waals surface area contributed by atoms with Gasteiger partial charge in [0.2, 0.25) is 10.0 Å². The number of ether oxygens (including phenoxy) is 3. The second-order valence-electron chi connectivity index (χ2n) is 7.83. The molecule has 3 aromatic carbocycles. The van der Waals surface area contributed by atoms with Crippen molar-refractivity contribution in [2.24, 2.45) is 5.10 Å². The van der Waals surface area contributed by atoms with E-state index in [1.54, 1.807) is 24.3 Å². The van der Waals surface area contributed by atoms with Crippen molar-refractivity contribution in [1.29, 1.82) is 0 Å². The highest BCUT2D eigenvalue weighted by Gasteiger charge is 2.22. The molecule has 0 radical (unpaired) electrons. The largest absolute Gasteiger partial charge is 0.495 e. The molecule has 0 atom stereocenters. The molecule has 0 saturated carbocycles. The molecule has 0 bridgehead atoms. The first-order chi connectivity index (χ1) is 18.0. The lowest BCUT2D eigenvalue weighted by molar-refractivity contribution is -0.119. The van der Waals surface area contributed by atoms with E-state index < -0.39 is 22.5 Å². The molecule has 0 saturated heterocycles. The standard InChI is InChI=1S/C25H24BrCl2N3O6S/c1-35-22-9-8-19(12-21(22)28)31(38(3,33)34)14-24(32)30-29-13-17-10-20(26)25(23(11-17)36-2)37-15-16-4-6-18(27)7-5-16/h4-13H,14-15H2,1-3H3,(H,30,32)/b29-13-. The van der Waals surface area contributed by atoms with Crippen LogP contribution >= 0.6 is 39.1 Å². The maximum absolute atomic E-state index is 12.5. The Balaban J connectivity index is 1.68. The van der Waals surface area contributed by atoms with E-state index in [0.29, 0.717) is 38.9 Å². The van der Waals surface area contributed by atoms with Gasteiger partial charge in [-0.1, -0.05) is 35.3 Å². The maximum Gasteiger partial charge on any atom is 0.260 e. The second kappa shape index (κ2) is 13.2. The summed E-state index contributed by atoms with van der Waals surface area (Å²) in [4.78, 5) is 12.5. The van der Waals surface area contributed by atoms with E-state index in [9.17, 15) is 13.2 Å². The lowest BCUT2D eigenvalue weighted by Gasteiger charge is -2.22. The number of carbonyl (C=O) groups is 1. The summed E-state index contributed by atoms with van der Waals surface area (Å²) in [5.41, 5.74) is 4.06. The van der Waals surface area contributed by atoms with Gasteiger partial charge in [-0.2, -0.15) is 5.10 Å². The van der Waals surface area contributed by atoms with E-state index in [1.165, 1.54) is 38.6 Å². The summed E-state index contributed by atoms with van der Waals surface area (Å²) in [6.45, 7) is -0.213. The van der Waals surface area contributed by atoms with Crippen LogP contribution < -0.4 is 23.9 Å². The van der Waals surface area contributed by atoms with Crippen LogP contribution in [0.3, 0.4) is 0 Å². The number of rotatable bonds is 11. The molecule has 0 aromatic heterocycles. The highest BCUT2D eigenvalue weighted by molar-refractivity contribution is 9.10. The predicted molar refractivity (Wildman–Crippen MR) is 152 cm³/mol. The minimum atomic E-state index is -3.80. The van der Waals surface area contributed by atoms with Crippen LogP contribution in [0.5, 0.6) is 17.2 Å². The number of methoxy groups -OCH3 is 2. The average Bonchev–Trinajstić information content (AvgIpc) is 2.86. The topological polar surface area (TPSA) is 107 Å². The van der Waals surface area contributed by atoms with Crippen LogP contribution in [0.2, 0.25) is 10.0 Å². The first kappa shape index (κ1) is 29.6. The van der Waals surface area contributed by atoms with Gasteiger partial charge in [-0.3, -0.25) is 9.10 Å². The van der Waals surface area contributed by atoms with Crippen molar-refractivity contribution in [2.45, 2.75) is 6.61 Å². The first-order valence-corrected chi connectivity index (χ1v) is 14.3. The van der Waals surface area contributed by atoms with Crippen LogP contribution in [0.25, 0.3) is 0 Å². The summed E-state index contributed by atoms with van der Waals surface area (Å²) in [5.74, 6) is 0.653. The number of nitrogens with zero attached hydrogens (tertiary/aromatic N) is 2. The monoisotopic (exact) mass is 643 g/mol. The van der Waals surface area contributed by atoms with Crippen molar-refractivity contribution >= 4 is 67.0 Å². The summed E-state index contributed by atoms with van der Waals surface area (Å²) in [6, 6.07) is 15.1. The Bertz CT molecular complexity index is 1440. The zero-order valence-electron chi connectivity index (χ0n) is 20.6. The maximum atomic E-state index is 12.5. The number of hydrogen-bond acceptors (Lipinski definition) is 7. The van der Waals surface area contributed by atoms with Gasteiger partial charge in [0.05, 0.1) is 41.9 Å². The summed E-state index contributed by atoms with van der Waals surface area (Å²) in [6.07, 6.45) is 2.38. The first-order valence-electron chi connectivity index (χ1n) is 10.9. The SMILES string of the molecule is COc1ccc(N(CC(=O)N/N=C\c2cc(Br)c(OCc3ccc(Cl)cc3)c(OC)c2)S(C)(=O)=O)cc1Cl. The van der Waals surface area contributed by atoms with Gasteiger partial charge >= 0.3 is 0 Å². The zero-order chi connectivity index (χ0) is 27.9. The van der Waals surface area contributed by atoms with Crippen molar-refractivity contribution in [1.82, 2.24) is 5.43 Å². The number of carbonyl (C=O) groups excluding carboxylic acids is 1. The Labute approximate surface area is 239 Å². The molecule has 3 aromatic rings.